The van der Waals surface area contributed by atoms with Crippen LogP contribution < -0.4 is 5.32 Å². The average molecular weight is 320 g/mol. The largest absolute Gasteiger partial charge is 0.396 e. The van der Waals surface area contributed by atoms with Crippen molar-refractivity contribution in [2.45, 2.75) is 37.6 Å². The zero-order valence-electron chi connectivity index (χ0n) is 12.5. The van der Waals surface area contributed by atoms with Crippen molar-refractivity contribution in [2.24, 2.45) is 23.7 Å². The molecule has 4 heteroatoms. The Balaban J connectivity index is 1.41. The lowest BCUT2D eigenvalue weighted by molar-refractivity contribution is -0.124. The van der Waals surface area contributed by atoms with Crippen molar-refractivity contribution in [1.82, 2.24) is 5.32 Å². The van der Waals surface area contributed by atoms with Gasteiger partial charge in [-0.3, -0.25) is 4.79 Å². The number of hydrogen-bond donors (Lipinski definition) is 2. The Morgan fingerprint density at radius 2 is 2.00 bits per heavy atom. The molecule has 6 atom stereocenters. The molecule has 0 spiro atoms. The van der Waals surface area contributed by atoms with Gasteiger partial charge in [-0.05, 0) is 55.1 Å². The second-order valence-corrected chi connectivity index (χ2v) is 7.59. The second-order valence-electron chi connectivity index (χ2n) is 7.18. The molecule has 3 nitrogen and oxygen atoms in total. The summed E-state index contributed by atoms with van der Waals surface area (Å²) in [6, 6.07) is 8.00. The van der Waals surface area contributed by atoms with E-state index in [0.717, 1.165) is 17.0 Å². The van der Waals surface area contributed by atoms with Gasteiger partial charge in [-0.2, -0.15) is 0 Å². The van der Waals surface area contributed by atoms with Gasteiger partial charge in [-0.1, -0.05) is 29.8 Å². The SMILES string of the molecule is O=C(NC1C2CCC(C2)C1CO)C1CC1c1ccccc1Cl. The highest BCUT2D eigenvalue weighted by Crippen LogP contribution is 2.51. The molecule has 0 aromatic heterocycles. The monoisotopic (exact) mass is 319 g/mol. The first kappa shape index (κ1) is 14.5. The van der Waals surface area contributed by atoms with Crippen LogP contribution >= 0.6 is 11.6 Å². The Morgan fingerprint density at radius 1 is 1.23 bits per heavy atom. The molecule has 0 aliphatic heterocycles. The van der Waals surface area contributed by atoms with Crippen LogP contribution in [0.2, 0.25) is 5.02 Å². The number of carbonyl (C=O) groups excluding carboxylic acids is 1. The minimum atomic E-state index is 0.0540. The van der Waals surface area contributed by atoms with Crippen molar-refractivity contribution in [3.63, 3.8) is 0 Å². The Hall–Kier alpha value is -1.06. The van der Waals surface area contributed by atoms with Gasteiger partial charge in [0, 0.05) is 29.5 Å². The molecule has 0 saturated heterocycles. The molecule has 4 rings (SSSR count). The highest BCUT2D eigenvalue weighted by atomic mass is 35.5. The van der Waals surface area contributed by atoms with Crippen LogP contribution in [0.3, 0.4) is 0 Å². The standard InChI is InChI=1S/C18H22ClNO2/c19-16-4-2-1-3-12(16)13-8-14(13)18(22)20-17-11-6-5-10(7-11)15(17)9-21/h1-4,10-11,13-15,17,21H,5-9H2,(H,20,22). The predicted molar refractivity (Wildman–Crippen MR) is 85.6 cm³/mol. The number of aliphatic hydroxyl groups excluding tert-OH is 1. The van der Waals surface area contributed by atoms with Crippen LogP contribution in [0.15, 0.2) is 24.3 Å². The van der Waals surface area contributed by atoms with Crippen LogP contribution in [0.25, 0.3) is 0 Å². The van der Waals surface area contributed by atoms with Crippen LogP contribution in [0, 0.1) is 23.7 Å². The molecule has 0 heterocycles. The predicted octanol–water partition coefficient (Wildman–Crippen LogP) is 2.97. The maximum absolute atomic E-state index is 12.6. The Kier molecular flexibility index (Phi) is 3.66. The number of fused-ring (bicyclic) bond motifs is 2. The minimum Gasteiger partial charge on any atom is -0.396 e. The first-order valence-corrected chi connectivity index (χ1v) is 8.72. The number of halogens is 1. The first-order valence-electron chi connectivity index (χ1n) is 8.34. The van der Waals surface area contributed by atoms with Crippen LogP contribution in [-0.4, -0.2) is 23.7 Å². The van der Waals surface area contributed by atoms with E-state index in [9.17, 15) is 9.90 Å². The molecule has 22 heavy (non-hydrogen) atoms. The fourth-order valence-corrected chi connectivity index (χ4v) is 5.05. The van der Waals surface area contributed by atoms with Crippen LogP contribution in [-0.2, 0) is 4.79 Å². The molecule has 3 aliphatic carbocycles. The van der Waals surface area contributed by atoms with E-state index >= 15 is 0 Å². The van der Waals surface area contributed by atoms with Crippen molar-refractivity contribution >= 4 is 17.5 Å². The summed E-state index contributed by atoms with van der Waals surface area (Å²) in [5, 5.41) is 13.6. The van der Waals surface area contributed by atoms with Gasteiger partial charge >= 0.3 is 0 Å². The van der Waals surface area contributed by atoms with Crippen molar-refractivity contribution < 1.29 is 9.90 Å². The third kappa shape index (κ3) is 2.35. The number of aliphatic hydroxyl groups is 1. The molecule has 3 saturated carbocycles. The third-order valence-electron chi connectivity index (χ3n) is 6.04. The van der Waals surface area contributed by atoms with E-state index in [4.69, 9.17) is 11.6 Å². The third-order valence-corrected chi connectivity index (χ3v) is 6.38. The number of amides is 1. The van der Waals surface area contributed by atoms with Crippen molar-refractivity contribution in [1.29, 1.82) is 0 Å². The summed E-state index contributed by atoms with van der Waals surface area (Å²) in [5.41, 5.74) is 1.09. The quantitative estimate of drug-likeness (QED) is 0.896. The first-order chi connectivity index (χ1) is 10.7. The maximum atomic E-state index is 12.6. The van der Waals surface area contributed by atoms with Gasteiger partial charge < -0.3 is 10.4 Å². The summed E-state index contributed by atoms with van der Waals surface area (Å²) in [4.78, 5) is 12.6. The van der Waals surface area contributed by atoms with E-state index in [-0.39, 0.29) is 36.3 Å². The van der Waals surface area contributed by atoms with Gasteiger partial charge in [0.15, 0.2) is 0 Å². The maximum Gasteiger partial charge on any atom is 0.223 e. The van der Waals surface area contributed by atoms with Crippen LogP contribution in [0.1, 0.15) is 37.2 Å². The number of hydrogen-bond acceptors (Lipinski definition) is 2. The van der Waals surface area contributed by atoms with Crippen molar-refractivity contribution in [3.8, 4) is 0 Å². The summed E-state index contributed by atoms with van der Waals surface area (Å²) < 4.78 is 0. The number of nitrogens with one attached hydrogen (secondary N) is 1. The van der Waals surface area contributed by atoms with Crippen LogP contribution in [0.4, 0.5) is 0 Å². The fraction of sp³-hybridized carbons (Fsp3) is 0.611. The molecule has 2 bridgehead atoms. The molecule has 6 unspecified atom stereocenters. The van der Waals surface area contributed by atoms with Gasteiger partial charge in [-0.25, -0.2) is 0 Å². The fourth-order valence-electron chi connectivity index (χ4n) is 4.77. The van der Waals surface area contributed by atoms with Crippen LogP contribution in [0.5, 0.6) is 0 Å². The Bertz CT molecular complexity index is 590. The molecular formula is C18H22ClNO2. The lowest BCUT2D eigenvalue weighted by Gasteiger charge is -2.30. The van der Waals surface area contributed by atoms with E-state index in [0.29, 0.717) is 11.8 Å². The highest BCUT2D eigenvalue weighted by Gasteiger charge is 2.50. The van der Waals surface area contributed by atoms with Gasteiger partial charge in [0.2, 0.25) is 5.91 Å². The van der Waals surface area contributed by atoms with E-state index in [1.807, 2.05) is 24.3 Å². The van der Waals surface area contributed by atoms with Gasteiger partial charge in [0.1, 0.15) is 0 Å². The zero-order chi connectivity index (χ0) is 15.3. The summed E-state index contributed by atoms with van der Waals surface area (Å²) in [6.07, 6.45) is 4.48. The van der Waals surface area contributed by atoms with E-state index < -0.39 is 0 Å². The topological polar surface area (TPSA) is 49.3 Å². The Morgan fingerprint density at radius 3 is 2.77 bits per heavy atom. The molecule has 1 amide bonds. The minimum absolute atomic E-state index is 0.0540. The number of benzene rings is 1. The van der Waals surface area contributed by atoms with Crippen molar-refractivity contribution in [3.05, 3.63) is 34.9 Å². The molecule has 1 aromatic carbocycles. The lowest BCUT2D eigenvalue weighted by Crippen LogP contribution is -2.46. The molecule has 2 N–H and O–H groups in total. The molecule has 3 aliphatic rings. The van der Waals surface area contributed by atoms with Gasteiger partial charge in [0.05, 0.1) is 0 Å². The molecule has 0 radical (unpaired) electrons. The zero-order valence-corrected chi connectivity index (χ0v) is 13.3. The van der Waals surface area contributed by atoms with Crippen molar-refractivity contribution in [2.75, 3.05) is 6.61 Å². The van der Waals surface area contributed by atoms with E-state index in [2.05, 4.69) is 5.32 Å². The number of carbonyl (C=O) groups is 1. The lowest BCUT2D eigenvalue weighted by atomic mass is 9.85. The summed E-state index contributed by atoms with van der Waals surface area (Å²) in [7, 11) is 0. The normalized spacial score (nSPS) is 39.0. The van der Waals surface area contributed by atoms with Gasteiger partial charge in [-0.15, -0.1) is 0 Å². The smallest absolute Gasteiger partial charge is 0.223 e. The summed E-state index contributed by atoms with van der Waals surface area (Å²) in [6.45, 7) is 0.199. The Labute approximate surface area is 136 Å². The van der Waals surface area contributed by atoms with Gasteiger partial charge in [0.25, 0.3) is 0 Å². The molecular weight excluding hydrogens is 298 g/mol. The average Bonchev–Trinajstić information content (AvgIpc) is 3.06. The number of rotatable bonds is 4. The molecule has 1 aromatic rings. The summed E-state index contributed by atoms with van der Waals surface area (Å²) in [5.74, 6) is 1.92. The van der Waals surface area contributed by atoms with E-state index in [1.54, 1.807) is 0 Å². The summed E-state index contributed by atoms with van der Waals surface area (Å²) >= 11 is 6.23. The highest BCUT2D eigenvalue weighted by molar-refractivity contribution is 6.31. The second kappa shape index (κ2) is 5.54. The van der Waals surface area contributed by atoms with E-state index in [1.165, 1.54) is 19.3 Å². The molecule has 118 valence electrons. The molecule has 3 fully saturated rings.